The zero-order chi connectivity index (χ0) is 18.9. The predicted octanol–water partition coefficient (Wildman–Crippen LogP) is 5.40. The van der Waals surface area contributed by atoms with E-state index in [1.807, 2.05) is 12.2 Å². The Kier molecular flexibility index (Phi) is 14.2. The summed E-state index contributed by atoms with van der Waals surface area (Å²) in [6, 6.07) is 0. The Morgan fingerprint density at radius 2 is 1.62 bits per heavy atom. The summed E-state index contributed by atoms with van der Waals surface area (Å²) in [7, 11) is 0. The van der Waals surface area contributed by atoms with E-state index in [9.17, 15) is 9.90 Å². The van der Waals surface area contributed by atoms with Gasteiger partial charge in [-0.05, 0) is 32.1 Å². The van der Waals surface area contributed by atoms with Crippen molar-refractivity contribution < 1.29 is 19.7 Å². The van der Waals surface area contributed by atoms with Crippen LogP contribution in [0.3, 0.4) is 0 Å². The Morgan fingerprint density at radius 3 is 2.31 bits per heavy atom. The molecule has 2 N–H and O–H groups in total. The molecule has 0 bridgehead atoms. The lowest BCUT2D eigenvalue weighted by Gasteiger charge is -2.22. The Morgan fingerprint density at radius 1 is 0.962 bits per heavy atom. The Labute approximate surface area is 159 Å². The molecule has 0 aliphatic heterocycles. The number of carboxylic acids is 1. The van der Waals surface area contributed by atoms with Gasteiger partial charge in [-0.25, -0.2) is 0 Å². The molecule has 0 spiro atoms. The third-order valence-electron chi connectivity index (χ3n) is 4.90. The van der Waals surface area contributed by atoms with Gasteiger partial charge in [0.15, 0.2) is 0 Å². The maximum absolute atomic E-state index is 10.4. The molecule has 1 aliphatic carbocycles. The number of carbonyl (C=O) groups is 1. The van der Waals surface area contributed by atoms with Crippen molar-refractivity contribution in [3.8, 4) is 0 Å². The molecule has 0 aromatic heterocycles. The molecule has 0 saturated heterocycles. The first kappa shape index (κ1) is 22.9. The Balaban J connectivity index is 1.88. The zero-order valence-electron chi connectivity index (χ0n) is 16.3. The summed E-state index contributed by atoms with van der Waals surface area (Å²) >= 11 is 0. The first-order valence-electron chi connectivity index (χ1n) is 10.5. The van der Waals surface area contributed by atoms with Crippen molar-refractivity contribution in [2.24, 2.45) is 0 Å². The molecule has 1 aliphatic rings. The highest BCUT2D eigenvalue weighted by molar-refractivity contribution is 5.66. The number of unbranched alkanes of at least 4 members (excludes halogenated alkanes) is 7. The van der Waals surface area contributed by atoms with E-state index in [4.69, 9.17) is 9.84 Å². The number of aliphatic hydroxyl groups excluding tert-OH is 1. The largest absolute Gasteiger partial charge is 0.481 e. The highest BCUT2D eigenvalue weighted by atomic mass is 16.5. The maximum Gasteiger partial charge on any atom is 0.303 e. The van der Waals surface area contributed by atoms with Gasteiger partial charge >= 0.3 is 5.97 Å². The van der Waals surface area contributed by atoms with Crippen molar-refractivity contribution in [1.82, 2.24) is 0 Å². The fourth-order valence-electron chi connectivity index (χ4n) is 3.31. The maximum atomic E-state index is 10.4. The number of aliphatic carboxylic acids is 1. The van der Waals surface area contributed by atoms with Crippen LogP contribution in [-0.4, -0.2) is 35.0 Å². The van der Waals surface area contributed by atoms with E-state index in [-0.39, 0.29) is 0 Å². The van der Waals surface area contributed by atoms with Gasteiger partial charge in [-0.2, -0.15) is 0 Å². The molecule has 1 rings (SSSR count). The summed E-state index contributed by atoms with van der Waals surface area (Å²) < 4.78 is 5.76. The number of hydrogen-bond acceptors (Lipinski definition) is 3. The molecule has 1 atom stereocenters. The average Bonchev–Trinajstić information content (AvgIpc) is 2.64. The highest BCUT2D eigenvalue weighted by Crippen LogP contribution is 2.20. The van der Waals surface area contributed by atoms with Crippen molar-refractivity contribution >= 4 is 5.97 Å². The molecular weight excluding hydrogens is 328 g/mol. The van der Waals surface area contributed by atoms with Crippen LogP contribution in [0.5, 0.6) is 0 Å². The van der Waals surface area contributed by atoms with Gasteiger partial charge in [0, 0.05) is 6.42 Å². The van der Waals surface area contributed by atoms with Gasteiger partial charge in [0.25, 0.3) is 0 Å². The van der Waals surface area contributed by atoms with E-state index in [1.165, 1.54) is 44.9 Å². The van der Waals surface area contributed by atoms with E-state index in [0.29, 0.717) is 19.1 Å². The lowest BCUT2D eigenvalue weighted by atomic mass is 9.98. The van der Waals surface area contributed by atoms with Gasteiger partial charge in [0.2, 0.25) is 0 Å². The van der Waals surface area contributed by atoms with Crippen LogP contribution in [0, 0.1) is 0 Å². The molecule has 1 fully saturated rings. The van der Waals surface area contributed by atoms with E-state index in [2.05, 4.69) is 6.08 Å². The third-order valence-corrected chi connectivity index (χ3v) is 4.90. The second-order valence-electron chi connectivity index (χ2n) is 7.38. The highest BCUT2D eigenvalue weighted by Gasteiger charge is 2.14. The van der Waals surface area contributed by atoms with Gasteiger partial charge in [0.1, 0.15) is 0 Å². The minimum atomic E-state index is -0.685. The van der Waals surface area contributed by atoms with Crippen LogP contribution in [0.15, 0.2) is 24.3 Å². The van der Waals surface area contributed by atoms with Crippen LogP contribution in [0.2, 0.25) is 0 Å². The SMILES string of the molecule is O=C(O)CCCCCCCCC/C=C\C=C\C(O)COC1CCCCC1. The number of allylic oxidation sites excluding steroid dienone is 3. The lowest BCUT2D eigenvalue weighted by Crippen LogP contribution is -2.22. The molecule has 0 amide bonds. The topological polar surface area (TPSA) is 66.8 Å². The minimum absolute atomic E-state index is 0.305. The second kappa shape index (κ2) is 16.1. The van der Waals surface area contributed by atoms with Gasteiger partial charge < -0.3 is 14.9 Å². The van der Waals surface area contributed by atoms with Crippen LogP contribution in [-0.2, 0) is 9.53 Å². The first-order chi connectivity index (χ1) is 12.7. The Hall–Kier alpha value is -1.13. The summed E-state index contributed by atoms with van der Waals surface area (Å²) in [6.45, 7) is 0.404. The monoisotopic (exact) mass is 366 g/mol. The van der Waals surface area contributed by atoms with Gasteiger partial charge in [-0.15, -0.1) is 0 Å². The van der Waals surface area contributed by atoms with E-state index >= 15 is 0 Å². The van der Waals surface area contributed by atoms with Crippen molar-refractivity contribution in [1.29, 1.82) is 0 Å². The van der Waals surface area contributed by atoms with Crippen LogP contribution in [0.4, 0.5) is 0 Å². The summed E-state index contributed by atoms with van der Waals surface area (Å²) in [5, 5.41) is 18.4. The normalized spacial score (nSPS) is 17.3. The minimum Gasteiger partial charge on any atom is -0.481 e. The summed E-state index contributed by atoms with van der Waals surface area (Å²) in [5.74, 6) is -0.685. The second-order valence-corrected chi connectivity index (χ2v) is 7.38. The zero-order valence-corrected chi connectivity index (χ0v) is 16.3. The van der Waals surface area contributed by atoms with Gasteiger partial charge in [-0.3, -0.25) is 4.79 Å². The standard InChI is InChI=1S/C22H38O4/c23-20(19-26-21-16-12-10-13-17-21)15-11-8-6-4-2-1-3-5-7-9-14-18-22(24)25/h6,8,11,15,20-21,23H,1-5,7,9-10,12-14,16-19H2,(H,24,25)/b8-6-,15-11+. The molecule has 1 unspecified atom stereocenters. The molecule has 0 aromatic rings. The van der Waals surface area contributed by atoms with E-state index in [0.717, 1.165) is 38.5 Å². The molecule has 0 aromatic carbocycles. The quantitative estimate of drug-likeness (QED) is 0.301. The Bertz CT molecular complexity index is 397. The number of hydrogen-bond donors (Lipinski definition) is 2. The number of carboxylic acid groups (broad SMARTS) is 1. The predicted molar refractivity (Wildman–Crippen MR) is 106 cm³/mol. The molecule has 4 nitrogen and oxygen atoms in total. The van der Waals surface area contributed by atoms with Crippen LogP contribution in [0.1, 0.15) is 89.9 Å². The summed E-state index contributed by atoms with van der Waals surface area (Å²) in [5.41, 5.74) is 0. The van der Waals surface area contributed by atoms with E-state index < -0.39 is 12.1 Å². The van der Waals surface area contributed by atoms with Crippen molar-refractivity contribution in [2.45, 2.75) is 102 Å². The molecule has 26 heavy (non-hydrogen) atoms. The van der Waals surface area contributed by atoms with Crippen molar-refractivity contribution in [2.75, 3.05) is 6.61 Å². The van der Waals surface area contributed by atoms with Crippen LogP contribution < -0.4 is 0 Å². The van der Waals surface area contributed by atoms with Crippen LogP contribution >= 0.6 is 0 Å². The van der Waals surface area contributed by atoms with E-state index in [1.54, 1.807) is 6.08 Å². The summed E-state index contributed by atoms with van der Waals surface area (Å²) in [4.78, 5) is 10.4. The molecule has 4 heteroatoms. The third kappa shape index (κ3) is 14.1. The average molecular weight is 367 g/mol. The number of rotatable bonds is 15. The van der Waals surface area contributed by atoms with Crippen molar-refractivity contribution in [3.63, 3.8) is 0 Å². The fourth-order valence-corrected chi connectivity index (χ4v) is 3.31. The fraction of sp³-hybridized carbons (Fsp3) is 0.773. The van der Waals surface area contributed by atoms with Gasteiger partial charge in [0.05, 0.1) is 18.8 Å². The molecular formula is C22H38O4. The number of ether oxygens (including phenoxy) is 1. The smallest absolute Gasteiger partial charge is 0.303 e. The molecule has 0 radical (unpaired) electrons. The van der Waals surface area contributed by atoms with Crippen molar-refractivity contribution in [3.05, 3.63) is 24.3 Å². The molecule has 0 heterocycles. The van der Waals surface area contributed by atoms with Crippen LogP contribution in [0.25, 0.3) is 0 Å². The molecule has 1 saturated carbocycles. The molecule has 150 valence electrons. The number of aliphatic hydroxyl groups is 1. The first-order valence-corrected chi connectivity index (χ1v) is 10.5. The summed E-state index contributed by atoms with van der Waals surface area (Å²) in [6.07, 6.45) is 23.0. The lowest BCUT2D eigenvalue weighted by molar-refractivity contribution is -0.137. The van der Waals surface area contributed by atoms with Gasteiger partial charge in [-0.1, -0.05) is 75.7 Å².